The van der Waals surface area contributed by atoms with Gasteiger partial charge in [-0.05, 0) is 18.6 Å². The molecule has 2 nitrogen and oxygen atoms in total. The lowest BCUT2D eigenvalue weighted by atomic mass is 10.1. The molecular weight excluding hydrogens is 218 g/mol. The van der Waals surface area contributed by atoms with Crippen LogP contribution >= 0.6 is 10.7 Å². The number of aryl methyl sites for hydroxylation is 1. The van der Waals surface area contributed by atoms with Crippen LogP contribution in [-0.2, 0) is 10.4 Å². The van der Waals surface area contributed by atoms with E-state index in [0.717, 1.165) is 28.3 Å². The summed E-state index contributed by atoms with van der Waals surface area (Å²) in [5.74, 6) is 0. The topological polar surface area (TPSA) is 32.3 Å². The Kier molecular flexibility index (Phi) is 2.72. The molecule has 4 heteroatoms. The van der Waals surface area contributed by atoms with Crippen molar-refractivity contribution in [3.63, 3.8) is 0 Å². The van der Waals surface area contributed by atoms with Gasteiger partial charge in [-0.1, -0.05) is 12.2 Å². The van der Waals surface area contributed by atoms with E-state index in [1.54, 1.807) is 0 Å². The highest BCUT2D eigenvalue weighted by Gasteiger charge is 2.25. The molecule has 0 amide bonds. The monoisotopic (exact) mass is 228 g/mol. The quantitative estimate of drug-likeness (QED) is 0.725. The van der Waals surface area contributed by atoms with Crippen molar-refractivity contribution in [1.29, 1.82) is 0 Å². The van der Waals surface area contributed by atoms with Crippen LogP contribution in [0.3, 0.4) is 0 Å². The van der Waals surface area contributed by atoms with Crippen LogP contribution in [0.2, 0.25) is 0 Å². The smallest absolute Gasteiger partial charge is 0.301 e. The maximum atomic E-state index is 9.43. The van der Waals surface area contributed by atoms with Gasteiger partial charge < -0.3 is 5.32 Å². The van der Waals surface area contributed by atoms with Crippen LogP contribution in [0.15, 0.2) is 23.1 Å². The van der Waals surface area contributed by atoms with Crippen LogP contribution in [0.4, 0.5) is 5.69 Å². The maximum Gasteiger partial charge on any atom is 0.301 e. The van der Waals surface area contributed by atoms with Gasteiger partial charge in [0.15, 0.2) is 0 Å². The molecule has 0 radical (unpaired) electrons. The van der Waals surface area contributed by atoms with Crippen molar-refractivity contribution in [2.24, 2.45) is 0 Å². The number of nitrogens with one attached hydrogen (secondary N) is 1. The van der Waals surface area contributed by atoms with Crippen molar-refractivity contribution < 1.29 is 4.55 Å². The minimum absolute atomic E-state index is 0.783. The SMILES string of the molecule is Cc1cc2c(c([S+](O)Cl)c1)NCC=C2. The van der Waals surface area contributed by atoms with Crippen LogP contribution in [-0.4, -0.2) is 11.1 Å². The van der Waals surface area contributed by atoms with Gasteiger partial charge in [0.05, 0.1) is 0 Å². The third kappa shape index (κ3) is 1.75. The first-order valence-electron chi connectivity index (χ1n) is 4.33. The molecule has 2 N–H and O–H groups in total. The molecule has 1 heterocycles. The Bertz CT molecular complexity index is 390. The molecule has 0 saturated heterocycles. The molecule has 1 aromatic rings. The number of benzene rings is 1. The van der Waals surface area contributed by atoms with Crippen molar-refractivity contribution in [2.75, 3.05) is 11.9 Å². The molecule has 0 bridgehead atoms. The first-order valence-corrected chi connectivity index (χ1v) is 6.34. The Morgan fingerprint density at radius 2 is 2.29 bits per heavy atom. The Balaban J connectivity index is 2.59. The van der Waals surface area contributed by atoms with Crippen molar-refractivity contribution in [2.45, 2.75) is 11.8 Å². The average Bonchev–Trinajstić information content (AvgIpc) is 2.16. The largest absolute Gasteiger partial charge is 0.377 e. The van der Waals surface area contributed by atoms with E-state index in [-0.39, 0.29) is 0 Å². The average molecular weight is 229 g/mol. The third-order valence-electron chi connectivity index (χ3n) is 2.15. The van der Waals surface area contributed by atoms with E-state index in [0.29, 0.717) is 0 Å². The highest BCUT2D eigenvalue weighted by Crippen LogP contribution is 2.32. The van der Waals surface area contributed by atoms with Crippen molar-refractivity contribution in [1.82, 2.24) is 0 Å². The predicted octanol–water partition coefficient (Wildman–Crippen LogP) is 3.04. The molecule has 14 heavy (non-hydrogen) atoms. The summed E-state index contributed by atoms with van der Waals surface area (Å²) in [6.45, 7) is 2.78. The number of fused-ring (bicyclic) bond motifs is 1. The lowest BCUT2D eigenvalue weighted by Gasteiger charge is -2.13. The molecule has 1 unspecified atom stereocenters. The van der Waals surface area contributed by atoms with E-state index in [2.05, 4.69) is 17.5 Å². The Morgan fingerprint density at radius 3 is 3.00 bits per heavy atom. The Morgan fingerprint density at radius 1 is 1.50 bits per heavy atom. The minimum atomic E-state index is -1.20. The molecule has 1 aliphatic rings. The standard InChI is InChI=1S/C10H11ClNOS/c1-7-5-8-3-2-4-12-10(8)9(6-7)14(11)13/h2-3,5-6,12-13H,4H2,1H3/q+1. The van der Waals surface area contributed by atoms with Gasteiger partial charge in [-0.2, -0.15) is 4.55 Å². The fourth-order valence-corrected chi connectivity index (χ4v) is 2.59. The summed E-state index contributed by atoms with van der Waals surface area (Å²) in [4.78, 5) is 0.783. The normalized spacial score (nSPS) is 15.9. The molecule has 0 aromatic heterocycles. The van der Waals surface area contributed by atoms with Gasteiger partial charge in [0.25, 0.3) is 0 Å². The Hall–Kier alpha value is -0.640. The second-order valence-corrected chi connectivity index (χ2v) is 5.04. The summed E-state index contributed by atoms with van der Waals surface area (Å²) < 4.78 is 9.43. The molecule has 1 atom stereocenters. The van der Waals surface area contributed by atoms with Crippen LogP contribution in [0.5, 0.6) is 0 Å². The molecule has 74 valence electrons. The van der Waals surface area contributed by atoms with Gasteiger partial charge >= 0.3 is 10.4 Å². The molecular formula is C10H11ClNOS+. The van der Waals surface area contributed by atoms with E-state index in [1.165, 1.54) is 0 Å². The molecule has 2 rings (SSSR count). The summed E-state index contributed by atoms with van der Waals surface area (Å²) in [5.41, 5.74) is 3.16. The van der Waals surface area contributed by atoms with Gasteiger partial charge in [-0.15, -0.1) is 0 Å². The molecule has 0 saturated carbocycles. The van der Waals surface area contributed by atoms with E-state index >= 15 is 0 Å². The van der Waals surface area contributed by atoms with Gasteiger partial charge in [0, 0.05) is 18.2 Å². The highest BCUT2D eigenvalue weighted by molar-refractivity contribution is 8.14. The lowest BCUT2D eigenvalue weighted by Crippen LogP contribution is -2.09. The van der Waals surface area contributed by atoms with Crippen LogP contribution in [0.25, 0.3) is 6.08 Å². The van der Waals surface area contributed by atoms with Gasteiger partial charge in [0.2, 0.25) is 15.6 Å². The third-order valence-corrected chi connectivity index (χ3v) is 3.34. The summed E-state index contributed by atoms with van der Waals surface area (Å²) in [6.07, 6.45) is 4.10. The van der Waals surface area contributed by atoms with Crippen molar-refractivity contribution >= 4 is 32.8 Å². The van der Waals surface area contributed by atoms with Crippen LogP contribution in [0.1, 0.15) is 11.1 Å². The zero-order valence-electron chi connectivity index (χ0n) is 7.75. The Labute approximate surface area is 90.6 Å². The van der Waals surface area contributed by atoms with Crippen molar-refractivity contribution in [3.05, 3.63) is 29.3 Å². The van der Waals surface area contributed by atoms with Gasteiger partial charge in [0.1, 0.15) is 5.69 Å². The first kappa shape index (κ1) is 9.90. The van der Waals surface area contributed by atoms with E-state index in [9.17, 15) is 4.55 Å². The summed E-state index contributed by atoms with van der Waals surface area (Å²) in [5, 5.41) is 3.22. The minimum Gasteiger partial charge on any atom is -0.377 e. The van der Waals surface area contributed by atoms with Crippen molar-refractivity contribution in [3.8, 4) is 0 Å². The molecule has 1 aliphatic heterocycles. The second kappa shape index (κ2) is 3.85. The fourth-order valence-electron chi connectivity index (χ4n) is 1.58. The van der Waals surface area contributed by atoms with Crippen LogP contribution in [0, 0.1) is 6.92 Å². The van der Waals surface area contributed by atoms with E-state index in [4.69, 9.17) is 10.7 Å². The number of hydrogen-bond donors (Lipinski definition) is 2. The molecule has 0 aliphatic carbocycles. The van der Waals surface area contributed by atoms with E-state index < -0.39 is 10.4 Å². The first-order chi connectivity index (χ1) is 6.68. The zero-order valence-corrected chi connectivity index (χ0v) is 9.32. The summed E-state index contributed by atoms with van der Waals surface area (Å²) >= 11 is 0. The number of halogens is 1. The molecule has 0 spiro atoms. The maximum absolute atomic E-state index is 9.43. The molecule has 1 aromatic carbocycles. The summed E-state index contributed by atoms with van der Waals surface area (Å²) in [7, 11) is 4.53. The lowest BCUT2D eigenvalue weighted by molar-refractivity contribution is 0.653. The van der Waals surface area contributed by atoms with Gasteiger partial charge in [-0.3, -0.25) is 0 Å². The number of hydrogen-bond acceptors (Lipinski definition) is 2. The zero-order chi connectivity index (χ0) is 10.1. The highest BCUT2D eigenvalue weighted by atomic mass is 35.7. The van der Waals surface area contributed by atoms with Gasteiger partial charge in [-0.25, -0.2) is 0 Å². The second-order valence-electron chi connectivity index (χ2n) is 3.25. The number of anilines is 1. The predicted molar refractivity (Wildman–Crippen MR) is 62.8 cm³/mol. The molecule has 0 fully saturated rings. The van der Waals surface area contributed by atoms with Crippen LogP contribution < -0.4 is 5.32 Å². The van der Waals surface area contributed by atoms with E-state index in [1.807, 2.05) is 19.1 Å². The number of rotatable bonds is 1. The summed E-state index contributed by atoms with van der Waals surface area (Å²) in [6, 6.07) is 3.99. The fraction of sp³-hybridized carbons (Fsp3) is 0.200.